The minimum Gasteiger partial charge on any atom is -0.324 e. The van der Waals surface area contributed by atoms with Crippen LogP contribution in [0.1, 0.15) is 17.5 Å². The van der Waals surface area contributed by atoms with Crippen LogP contribution in [0, 0.1) is 30.6 Å². The number of nitrogens with zero attached hydrogens (tertiary/aromatic N) is 1. The molecule has 5 nitrogen and oxygen atoms in total. The molecule has 0 spiro atoms. The summed E-state index contributed by atoms with van der Waals surface area (Å²) in [4.78, 5) is 41.2. The summed E-state index contributed by atoms with van der Waals surface area (Å²) < 4.78 is 0. The maximum atomic E-state index is 13.3. The van der Waals surface area contributed by atoms with Gasteiger partial charge in [-0.05, 0) is 48.4 Å². The van der Waals surface area contributed by atoms with Crippen LogP contribution in [0.25, 0.3) is 0 Å². The molecule has 0 unspecified atom stereocenters. The second-order valence-electron chi connectivity index (χ2n) is 8.61. The van der Waals surface area contributed by atoms with Crippen molar-refractivity contribution in [3.63, 3.8) is 0 Å². The molecule has 1 saturated heterocycles. The first-order chi connectivity index (χ1) is 14.5. The number of carbonyl (C=O) groups is 3. The highest BCUT2D eigenvalue weighted by molar-refractivity contribution is 6.11. The quantitative estimate of drug-likeness (QED) is 0.618. The van der Waals surface area contributed by atoms with E-state index < -0.39 is 6.04 Å². The van der Waals surface area contributed by atoms with E-state index in [9.17, 15) is 14.4 Å². The van der Waals surface area contributed by atoms with E-state index in [1.807, 2.05) is 61.5 Å². The van der Waals surface area contributed by atoms with Gasteiger partial charge in [0.2, 0.25) is 17.7 Å². The third-order valence-corrected chi connectivity index (χ3v) is 6.68. The molecule has 1 N–H and O–H groups in total. The van der Waals surface area contributed by atoms with Gasteiger partial charge in [-0.1, -0.05) is 54.6 Å². The molecular formula is C25H24N2O3. The Bertz CT molecular complexity index is 1020. The van der Waals surface area contributed by atoms with Crippen molar-refractivity contribution in [1.29, 1.82) is 0 Å². The van der Waals surface area contributed by atoms with Gasteiger partial charge >= 0.3 is 0 Å². The van der Waals surface area contributed by atoms with E-state index in [-0.39, 0.29) is 41.4 Å². The monoisotopic (exact) mass is 400 g/mol. The van der Waals surface area contributed by atoms with Gasteiger partial charge in [-0.25, -0.2) is 0 Å². The van der Waals surface area contributed by atoms with E-state index in [0.29, 0.717) is 12.1 Å². The van der Waals surface area contributed by atoms with Crippen LogP contribution in [0.2, 0.25) is 0 Å². The summed E-state index contributed by atoms with van der Waals surface area (Å²) in [6, 6.07) is 16.2. The van der Waals surface area contributed by atoms with Crippen LogP contribution in [0.3, 0.4) is 0 Å². The number of allylic oxidation sites excluding steroid dienone is 2. The SMILES string of the molecule is Cc1cccc(NC(=O)[C@H](Cc2ccccc2)N2C(=O)[C@@H]3[C@H](C2=O)[C@@H]2C=C[C@H]3C2)c1. The molecule has 1 saturated carbocycles. The van der Waals surface area contributed by atoms with Crippen molar-refractivity contribution >= 4 is 23.4 Å². The van der Waals surface area contributed by atoms with Gasteiger partial charge in [0.25, 0.3) is 0 Å². The number of nitrogens with one attached hydrogen (secondary N) is 1. The second kappa shape index (κ2) is 7.24. The largest absolute Gasteiger partial charge is 0.324 e. The first-order valence-corrected chi connectivity index (χ1v) is 10.5. The van der Waals surface area contributed by atoms with Gasteiger partial charge in [-0.3, -0.25) is 19.3 Å². The summed E-state index contributed by atoms with van der Waals surface area (Å²) in [6.45, 7) is 1.95. The van der Waals surface area contributed by atoms with Gasteiger partial charge in [0.15, 0.2) is 0 Å². The van der Waals surface area contributed by atoms with Crippen molar-refractivity contribution in [3.8, 4) is 0 Å². The number of benzene rings is 2. The molecule has 2 aromatic rings. The smallest absolute Gasteiger partial charge is 0.248 e. The molecule has 1 heterocycles. The number of aryl methyl sites for hydroxylation is 1. The van der Waals surface area contributed by atoms with Crippen molar-refractivity contribution in [2.45, 2.75) is 25.8 Å². The molecule has 5 rings (SSSR count). The molecule has 0 radical (unpaired) electrons. The van der Waals surface area contributed by atoms with Crippen LogP contribution >= 0.6 is 0 Å². The maximum Gasteiger partial charge on any atom is 0.248 e. The van der Waals surface area contributed by atoms with Crippen molar-refractivity contribution in [3.05, 3.63) is 77.9 Å². The Kier molecular flexibility index (Phi) is 4.54. The minimum absolute atomic E-state index is 0.124. The highest BCUT2D eigenvalue weighted by atomic mass is 16.2. The first kappa shape index (κ1) is 18.8. The summed E-state index contributed by atoms with van der Waals surface area (Å²) in [6.07, 6.45) is 5.32. The summed E-state index contributed by atoms with van der Waals surface area (Å²) in [5, 5.41) is 2.92. The Morgan fingerprint density at radius 2 is 1.67 bits per heavy atom. The fourth-order valence-electron chi connectivity index (χ4n) is 5.32. The predicted molar refractivity (Wildman–Crippen MR) is 113 cm³/mol. The van der Waals surface area contributed by atoms with Crippen LogP contribution in [-0.4, -0.2) is 28.7 Å². The lowest BCUT2D eigenvalue weighted by Crippen LogP contribution is -2.49. The van der Waals surface area contributed by atoms with Gasteiger partial charge in [0.05, 0.1) is 11.8 Å². The molecule has 30 heavy (non-hydrogen) atoms. The summed E-state index contributed by atoms with van der Waals surface area (Å²) >= 11 is 0. The Labute approximate surface area is 175 Å². The highest BCUT2D eigenvalue weighted by Gasteiger charge is 2.61. The first-order valence-electron chi connectivity index (χ1n) is 10.5. The molecule has 152 valence electrons. The third-order valence-electron chi connectivity index (χ3n) is 6.68. The Morgan fingerprint density at radius 3 is 2.30 bits per heavy atom. The van der Waals surface area contributed by atoms with Gasteiger partial charge in [-0.15, -0.1) is 0 Å². The molecule has 5 heteroatoms. The molecule has 0 aromatic heterocycles. The second-order valence-corrected chi connectivity index (χ2v) is 8.61. The molecule has 2 fully saturated rings. The van der Waals surface area contributed by atoms with Crippen LogP contribution in [0.4, 0.5) is 5.69 Å². The average Bonchev–Trinajstić information content (AvgIpc) is 3.41. The van der Waals surface area contributed by atoms with Gasteiger partial charge < -0.3 is 5.32 Å². The van der Waals surface area contributed by atoms with Gasteiger partial charge in [-0.2, -0.15) is 0 Å². The average molecular weight is 400 g/mol. The molecule has 2 bridgehead atoms. The fourth-order valence-corrected chi connectivity index (χ4v) is 5.32. The zero-order valence-electron chi connectivity index (χ0n) is 16.8. The molecule has 2 aromatic carbocycles. The fraction of sp³-hybridized carbons (Fsp3) is 0.320. The summed E-state index contributed by atoms with van der Waals surface area (Å²) in [5.41, 5.74) is 2.61. The molecule has 1 aliphatic heterocycles. The molecular weight excluding hydrogens is 376 g/mol. The van der Waals surface area contributed by atoms with Gasteiger partial charge in [0, 0.05) is 12.1 Å². The van der Waals surface area contributed by atoms with E-state index >= 15 is 0 Å². The van der Waals surface area contributed by atoms with E-state index in [0.717, 1.165) is 17.5 Å². The van der Waals surface area contributed by atoms with Crippen molar-refractivity contribution in [1.82, 2.24) is 4.90 Å². The number of likely N-dealkylation sites (tertiary alicyclic amines) is 1. The molecule has 3 aliphatic rings. The summed E-state index contributed by atoms with van der Waals surface area (Å²) in [5.74, 6) is -1.08. The van der Waals surface area contributed by atoms with Gasteiger partial charge in [0.1, 0.15) is 6.04 Å². The molecule has 2 aliphatic carbocycles. The molecule has 5 atom stereocenters. The predicted octanol–water partition coefficient (Wildman–Crippen LogP) is 3.35. The van der Waals surface area contributed by atoms with Crippen LogP contribution < -0.4 is 5.32 Å². The highest BCUT2D eigenvalue weighted by Crippen LogP contribution is 2.53. The van der Waals surface area contributed by atoms with E-state index in [4.69, 9.17) is 0 Å². The van der Waals surface area contributed by atoms with Crippen LogP contribution in [0.5, 0.6) is 0 Å². The number of amides is 3. The Morgan fingerprint density at radius 1 is 1.00 bits per heavy atom. The number of hydrogen-bond donors (Lipinski definition) is 1. The minimum atomic E-state index is -0.863. The van der Waals surface area contributed by atoms with E-state index in [1.165, 1.54) is 4.90 Å². The maximum absolute atomic E-state index is 13.3. The zero-order valence-corrected chi connectivity index (χ0v) is 16.8. The number of rotatable bonds is 5. The zero-order chi connectivity index (χ0) is 20.8. The van der Waals surface area contributed by atoms with Crippen molar-refractivity contribution in [2.24, 2.45) is 23.7 Å². The van der Waals surface area contributed by atoms with Crippen LogP contribution in [-0.2, 0) is 20.8 Å². The van der Waals surface area contributed by atoms with E-state index in [2.05, 4.69) is 17.5 Å². The summed E-state index contributed by atoms with van der Waals surface area (Å²) in [7, 11) is 0. The lowest BCUT2D eigenvalue weighted by molar-refractivity contribution is -0.147. The Hall–Kier alpha value is -3.21. The van der Waals surface area contributed by atoms with Crippen molar-refractivity contribution < 1.29 is 14.4 Å². The number of anilines is 1. The number of hydrogen-bond acceptors (Lipinski definition) is 3. The lowest BCUT2D eigenvalue weighted by atomic mass is 9.85. The number of imide groups is 1. The Balaban J connectivity index is 1.46. The van der Waals surface area contributed by atoms with Crippen LogP contribution in [0.15, 0.2) is 66.7 Å². The topological polar surface area (TPSA) is 66.5 Å². The number of fused-ring (bicyclic) bond motifs is 5. The van der Waals surface area contributed by atoms with Crippen molar-refractivity contribution in [2.75, 3.05) is 5.32 Å². The van der Waals surface area contributed by atoms with E-state index in [1.54, 1.807) is 0 Å². The third kappa shape index (κ3) is 3.05. The number of carbonyl (C=O) groups excluding carboxylic acids is 3. The standard InChI is InChI=1S/C25H24N2O3/c1-15-6-5-9-19(12-15)26-23(28)20(13-16-7-3-2-4-8-16)27-24(29)21-17-10-11-18(14-17)22(21)25(27)30/h2-12,17-18,20-22H,13-14H2,1H3,(H,26,28)/t17-,18+,20-,21-,22+/m0/s1. The lowest BCUT2D eigenvalue weighted by Gasteiger charge is -2.27. The molecule has 3 amide bonds. The normalized spacial score (nSPS) is 27.4.